The van der Waals surface area contributed by atoms with Crippen LogP contribution in [0.15, 0.2) is 24.3 Å². The number of rotatable bonds is 3. The predicted molar refractivity (Wildman–Crippen MR) is 63.6 cm³/mol. The normalized spacial score (nSPS) is 25.7. The summed E-state index contributed by atoms with van der Waals surface area (Å²) in [6.45, 7) is 3.08. The van der Waals surface area contributed by atoms with Gasteiger partial charge < -0.3 is 15.6 Å². The fraction of sp³-hybridized carbons (Fsp3) is 0.538. The standard InChI is InChI=1S/C13H19NO2/c1-2-12(15)13(9-14)7-8-16-11-6-4-3-5-10(11)13/h3-6,12,15H,2,7-9,14H2,1H3. The van der Waals surface area contributed by atoms with Crippen LogP contribution in [0.4, 0.5) is 0 Å². The number of ether oxygens (including phenoxy) is 1. The third-order valence-corrected chi connectivity index (χ3v) is 3.62. The van der Waals surface area contributed by atoms with Gasteiger partial charge in [-0.25, -0.2) is 0 Å². The predicted octanol–water partition coefficient (Wildman–Crippen LogP) is 1.44. The highest BCUT2D eigenvalue weighted by molar-refractivity contribution is 5.42. The number of benzene rings is 1. The van der Waals surface area contributed by atoms with E-state index < -0.39 is 6.10 Å². The maximum Gasteiger partial charge on any atom is 0.123 e. The molecule has 88 valence electrons. The van der Waals surface area contributed by atoms with Crippen molar-refractivity contribution >= 4 is 0 Å². The molecule has 0 saturated carbocycles. The smallest absolute Gasteiger partial charge is 0.123 e. The summed E-state index contributed by atoms with van der Waals surface area (Å²) in [7, 11) is 0. The van der Waals surface area contributed by atoms with E-state index in [1.165, 1.54) is 0 Å². The molecule has 1 aromatic carbocycles. The van der Waals surface area contributed by atoms with Gasteiger partial charge in [-0.15, -0.1) is 0 Å². The Balaban J connectivity index is 2.49. The van der Waals surface area contributed by atoms with Crippen LogP contribution >= 0.6 is 0 Å². The van der Waals surface area contributed by atoms with Crippen molar-refractivity contribution in [3.63, 3.8) is 0 Å². The van der Waals surface area contributed by atoms with Gasteiger partial charge in [0.15, 0.2) is 0 Å². The van der Waals surface area contributed by atoms with Gasteiger partial charge in [0.1, 0.15) is 5.75 Å². The van der Waals surface area contributed by atoms with E-state index in [1.54, 1.807) is 0 Å². The van der Waals surface area contributed by atoms with Crippen molar-refractivity contribution in [3.05, 3.63) is 29.8 Å². The molecule has 1 aromatic rings. The largest absolute Gasteiger partial charge is 0.493 e. The lowest BCUT2D eigenvalue weighted by Crippen LogP contribution is -2.48. The van der Waals surface area contributed by atoms with Crippen molar-refractivity contribution in [1.82, 2.24) is 0 Å². The summed E-state index contributed by atoms with van der Waals surface area (Å²) in [5.41, 5.74) is 6.64. The number of hydrogen-bond acceptors (Lipinski definition) is 3. The summed E-state index contributed by atoms with van der Waals surface area (Å²) in [4.78, 5) is 0. The van der Waals surface area contributed by atoms with Crippen molar-refractivity contribution in [3.8, 4) is 5.75 Å². The number of aliphatic hydroxyl groups is 1. The highest BCUT2D eigenvalue weighted by Gasteiger charge is 2.41. The molecular weight excluding hydrogens is 202 g/mol. The van der Waals surface area contributed by atoms with Crippen LogP contribution in [-0.2, 0) is 5.41 Å². The maximum atomic E-state index is 10.2. The number of nitrogens with two attached hydrogens (primary N) is 1. The van der Waals surface area contributed by atoms with E-state index in [1.807, 2.05) is 31.2 Å². The summed E-state index contributed by atoms with van der Waals surface area (Å²) in [5.74, 6) is 0.867. The molecular formula is C13H19NO2. The second-order valence-corrected chi connectivity index (χ2v) is 4.38. The Morgan fingerprint density at radius 2 is 2.25 bits per heavy atom. The summed E-state index contributed by atoms with van der Waals surface area (Å²) in [6, 6.07) is 7.88. The molecule has 0 saturated heterocycles. The van der Waals surface area contributed by atoms with Crippen LogP contribution in [0.5, 0.6) is 5.75 Å². The molecule has 0 aromatic heterocycles. The first-order valence-corrected chi connectivity index (χ1v) is 5.85. The van der Waals surface area contributed by atoms with Crippen molar-refractivity contribution in [2.75, 3.05) is 13.2 Å². The minimum Gasteiger partial charge on any atom is -0.493 e. The number of para-hydroxylation sites is 1. The van der Waals surface area contributed by atoms with E-state index in [9.17, 15) is 5.11 Å². The zero-order valence-corrected chi connectivity index (χ0v) is 9.65. The van der Waals surface area contributed by atoms with Gasteiger partial charge in [-0.2, -0.15) is 0 Å². The molecule has 1 aliphatic rings. The van der Waals surface area contributed by atoms with E-state index >= 15 is 0 Å². The lowest BCUT2D eigenvalue weighted by molar-refractivity contribution is 0.0516. The average molecular weight is 221 g/mol. The van der Waals surface area contributed by atoms with E-state index in [2.05, 4.69) is 0 Å². The molecule has 0 fully saturated rings. The molecule has 0 amide bonds. The first-order valence-electron chi connectivity index (χ1n) is 5.85. The Bertz CT molecular complexity index is 367. The summed E-state index contributed by atoms with van der Waals surface area (Å²) in [5, 5.41) is 10.2. The second-order valence-electron chi connectivity index (χ2n) is 4.38. The van der Waals surface area contributed by atoms with Gasteiger partial charge in [-0.05, 0) is 18.9 Å². The number of hydrogen-bond donors (Lipinski definition) is 2. The van der Waals surface area contributed by atoms with E-state index in [0.29, 0.717) is 19.6 Å². The van der Waals surface area contributed by atoms with Gasteiger partial charge >= 0.3 is 0 Å². The van der Waals surface area contributed by atoms with Crippen LogP contribution < -0.4 is 10.5 Å². The van der Waals surface area contributed by atoms with Gasteiger partial charge in [0.2, 0.25) is 0 Å². The molecule has 3 heteroatoms. The van der Waals surface area contributed by atoms with Gasteiger partial charge in [0, 0.05) is 17.5 Å². The van der Waals surface area contributed by atoms with Crippen molar-refractivity contribution < 1.29 is 9.84 Å². The molecule has 0 bridgehead atoms. The molecule has 0 spiro atoms. The molecule has 0 aliphatic carbocycles. The van der Waals surface area contributed by atoms with Crippen LogP contribution in [0.1, 0.15) is 25.3 Å². The fourth-order valence-electron chi connectivity index (χ4n) is 2.57. The van der Waals surface area contributed by atoms with Gasteiger partial charge in [0.25, 0.3) is 0 Å². The highest BCUT2D eigenvalue weighted by atomic mass is 16.5. The Morgan fingerprint density at radius 3 is 2.94 bits per heavy atom. The monoisotopic (exact) mass is 221 g/mol. The molecule has 2 unspecified atom stereocenters. The quantitative estimate of drug-likeness (QED) is 0.812. The third-order valence-electron chi connectivity index (χ3n) is 3.62. The van der Waals surface area contributed by atoms with Crippen molar-refractivity contribution in [2.45, 2.75) is 31.3 Å². The van der Waals surface area contributed by atoms with Crippen LogP contribution in [0, 0.1) is 0 Å². The van der Waals surface area contributed by atoms with Gasteiger partial charge in [-0.1, -0.05) is 25.1 Å². The first-order chi connectivity index (χ1) is 7.74. The van der Waals surface area contributed by atoms with Crippen LogP contribution in [0.2, 0.25) is 0 Å². The molecule has 3 nitrogen and oxygen atoms in total. The summed E-state index contributed by atoms with van der Waals surface area (Å²) < 4.78 is 5.61. The maximum absolute atomic E-state index is 10.2. The number of aliphatic hydroxyl groups excluding tert-OH is 1. The molecule has 2 rings (SSSR count). The second kappa shape index (κ2) is 4.44. The fourth-order valence-corrected chi connectivity index (χ4v) is 2.57. The minimum atomic E-state index is -0.400. The Kier molecular flexibility index (Phi) is 3.17. The van der Waals surface area contributed by atoms with Crippen LogP contribution in [-0.4, -0.2) is 24.4 Å². The lowest BCUT2D eigenvalue weighted by atomic mass is 9.71. The van der Waals surface area contributed by atoms with Crippen molar-refractivity contribution in [2.24, 2.45) is 5.73 Å². The minimum absolute atomic E-state index is 0.330. The average Bonchev–Trinajstić information content (AvgIpc) is 2.37. The number of fused-ring (bicyclic) bond motifs is 1. The van der Waals surface area contributed by atoms with E-state index in [4.69, 9.17) is 10.5 Å². The highest BCUT2D eigenvalue weighted by Crippen LogP contribution is 2.41. The van der Waals surface area contributed by atoms with Gasteiger partial charge in [0.05, 0.1) is 12.7 Å². The molecule has 2 atom stereocenters. The zero-order valence-electron chi connectivity index (χ0n) is 9.65. The molecule has 1 aliphatic heterocycles. The Hall–Kier alpha value is -1.06. The van der Waals surface area contributed by atoms with Crippen molar-refractivity contribution in [1.29, 1.82) is 0 Å². The summed E-state index contributed by atoms with van der Waals surface area (Å²) in [6.07, 6.45) is 1.10. The van der Waals surface area contributed by atoms with Crippen LogP contribution in [0.3, 0.4) is 0 Å². The van der Waals surface area contributed by atoms with Crippen LogP contribution in [0.25, 0.3) is 0 Å². The zero-order chi connectivity index (χ0) is 11.6. The Labute approximate surface area is 96.2 Å². The third kappa shape index (κ3) is 1.60. The van der Waals surface area contributed by atoms with E-state index in [-0.39, 0.29) is 5.41 Å². The SMILES string of the molecule is CCC(O)C1(CN)CCOc2ccccc21. The summed E-state index contributed by atoms with van der Waals surface area (Å²) >= 11 is 0. The first kappa shape index (κ1) is 11.4. The van der Waals surface area contributed by atoms with Gasteiger partial charge in [-0.3, -0.25) is 0 Å². The molecule has 3 N–H and O–H groups in total. The van der Waals surface area contributed by atoms with E-state index in [0.717, 1.165) is 17.7 Å². The molecule has 1 heterocycles. The molecule has 16 heavy (non-hydrogen) atoms. The topological polar surface area (TPSA) is 55.5 Å². The molecule has 0 radical (unpaired) electrons. The Morgan fingerprint density at radius 1 is 1.50 bits per heavy atom. The lowest BCUT2D eigenvalue weighted by Gasteiger charge is -2.41.